The summed E-state index contributed by atoms with van der Waals surface area (Å²) >= 11 is 11.3. The summed E-state index contributed by atoms with van der Waals surface area (Å²) in [6.45, 7) is 4.40. The number of nitrogens with zero attached hydrogens (tertiary/aromatic N) is 3. The van der Waals surface area contributed by atoms with Crippen LogP contribution in [0.2, 0.25) is 5.15 Å². The van der Waals surface area contributed by atoms with Crippen LogP contribution in [0, 0.1) is 0 Å². The Morgan fingerprint density at radius 1 is 1.50 bits per heavy atom. The van der Waals surface area contributed by atoms with Gasteiger partial charge in [-0.3, -0.25) is 0 Å². The minimum atomic E-state index is 0.407. The SMILES string of the molecule is COCCNC(=S)Nc1nc(Cl)cc(N2CCCC[C@@H]2C)n1. The van der Waals surface area contributed by atoms with E-state index in [4.69, 9.17) is 28.6 Å². The number of hydrogen-bond donors (Lipinski definition) is 2. The number of rotatable bonds is 5. The molecule has 2 N–H and O–H groups in total. The van der Waals surface area contributed by atoms with E-state index in [1.807, 2.05) is 0 Å². The molecule has 0 saturated carbocycles. The Hall–Kier alpha value is -1.18. The van der Waals surface area contributed by atoms with Crippen LogP contribution in [0.5, 0.6) is 0 Å². The Morgan fingerprint density at radius 2 is 2.32 bits per heavy atom. The Morgan fingerprint density at radius 3 is 3.05 bits per heavy atom. The highest BCUT2D eigenvalue weighted by Gasteiger charge is 2.20. The van der Waals surface area contributed by atoms with E-state index in [2.05, 4.69) is 32.4 Å². The van der Waals surface area contributed by atoms with Gasteiger partial charge in [-0.1, -0.05) is 11.6 Å². The van der Waals surface area contributed by atoms with Gasteiger partial charge in [0.15, 0.2) is 5.11 Å². The lowest BCUT2D eigenvalue weighted by Crippen LogP contribution is -2.38. The van der Waals surface area contributed by atoms with Gasteiger partial charge < -0.3 is 20.3 Å². The van der Waals surface area contributed by atoms with Crippen LogP contribution in [0.15, 0.2) is 6.07 Å². The average Bonchev–Trinajstić information content (AvgIpc) is 2.47. The number of thiocarbonyl (C=S) groups is 1. The summed E-state index contributed by atoms with van der Waals surface area (Å²) in [6, 6.07) is 2.26. The van der Waals surface area contributed by atoms with Gasteiger partial charge in [0.1, 0.15) is 11.0 Å². The Balaban J connectivity index is 2.04. The summed E-state index contributed by atoms with van der Waals surface area (Å²) < 4.78 is 4.96. The molecule has 1 saturated heterocycles. The number of methoxy groups -OCH3 is 1. The predicted molar refractivity (Wildman–Crippen MR) is 93.8 cm³/mol. The molecule has 2 heterocycles. The van der Waals surface area contributed by atoms with Gasteiger partial charge in [-0.2, -0.15) is 4.98 Å². The molecular weight excluding hydrogens is 322 g/mol. The van der Waals surface area contributed by atoms with Gasteiger partial charge in [0.25, 0.3) is 0 Å². The fraction of sp³-hybridized carbons (Fsp3) is 0.643. The Kier molecular flexibility index (Phi) is 6.60. The zero-order chi connectivity index (χ0) is 15.9. The van der Waals surface area contributed by atoms with Crippen molar-refractivity contribution in [1.29, 1.82) is 0 Å². The minimum Gasteiger partial charge on any atom is -0.383 e. The van der Waals surface area contributed by atoms with E-state index < -0.39 is 0 Å². The highest BCUT2D eigenvalue weighted by molar-refractivity contribution is 7.80. The molecule has 2 rings (SSSR count). The van der Waals surface area contributed by atoms with E-state index in [9.17, 15) is 0 Å². The second-order valence-electron chi connectivity index (χ2n) is 5.28. The number of nitrogens with one attached hydrogen (secondary N) is 2. The Labute approximate surface area is 141 Å². The number of halogens is 1. The van der Waals surface area contributed by atoms with Crippen LogP contribution in [0.25, 0.3) is 0 Å². The first kappa shape index (κ1) is 17.2. The largest absolute Gasteiger partial charge is 0.383 e. The molecule has 0 bridgehead atoms. The summed E-state index contributed by atoms with van der Waals surface area (Å²) in [5, 5.41) is 6.85. The summed E-state index contributed by atoms with van der Waals surface area (Å²) in [5.74, 6) is 1.25. The Bertz CT molecular complexity index is 516. The first-order chi connectivity index (χ1) is 10.6. The summed E-state index contributed by atoms with van der Waals surface area (Å²) in [6.07, 6.45) is 3.60. The van der Waals surface area contributed by atoms with E-state index in [1.165, 1.54) is 19.3 Å². The van der Waals surface area contributed by atoms with Crippen molar-refractivity contribution >= 4 is 40.7 Å². The lowest BCUT2D eigenvalue weighted by Gasteiger charge is -2.34. The molecule has 0 unspecified atom stereocenters. The van der Waals surface area contributed by atoms with Gasteiger partial charge >= 0.3 is 0 Å². The third kappa shape index (κ3) is 4.93. The quantitative estimate of drug-likeness (QED) is 0.483. The fourth-order valence-electron chi connectivity index (χ4n) is 2.46. The van der Waals surface area contributed by atoms with Crippen molar-refractivity contribution in [1.82, 2.24) is 15.3 Å². The van der Waals surface area contributed by atoms with Crippen molar-refractivity contribution in [3.8, 4) is 0 Å². The fourth-order valence-corrected chi connectivity index (χ4v) is 2.83. The second-order valence-corrected chi connectivity index (χ2v) is 6.08. The van der Waals surface area contributed by atoms with Crippen LogP contribution in [-0.2, 0) is 4.74 Å². The van der Waals surface area contributed by atoms with Crippen LogP contribution >= 0.6 is 23.8 Å². The van der Waals surface area contributed by atoms with Crippen LogP contribution in [0.4, 0.5) is 11.8 Å². The van der Waals surface area contributed by atoms with Crippen molar-refractivity contribution < 1.29 is 4.74 Å². The third-order valence-electron chi connectivity index (χ3n) is 3.60. The molecule has 22 heavy (non-hydrogen) atoms. The van der Waals surface area contributed by atoms with Gasteiger partial charge in [-0.15, -0.1) is 0 Å². The second kappa shape index (κ2) is 8.45. The van der Waals surface area contributed by atoms with E-state index >= 15 is 0 Å². The molecule has 1 aliphatic rings. The molecule has 1 aliphatic heterocycles. The maximum atomic E-state index is 6.13. The lowest BCUT2D eigenvalue weighted by molar-refractivity contribution is 0.204. The molecular formula is C14H22ClN5OS. The maximum absolute atomic E-state index is 6.13. The van der Waals surface area contributed by atoms with Gasteiger partial charge in [0.2, 0.25) is 5.95 Å². The zero-order valence-electron chi connectivity index (χ0n) is 12.9. The molecule has 1 atom stereocenters. The van der Waals surface area contributed by atoms with E-state index in [0.717, 1.165) is 12.4 Å². The predicted octanol–water partition coefficient (Wildman–Crippen LogP) is 2.44. The first-order valence-corrected chi connectivity index (χ1v) is 8.24. The molecule has 0 radical (unpaired) electrons. The van der Waals surface area contributed by atoms with Gasteiger partial charge in [0, 0.05) is 32.3 Å². The standard InChI is InChI=1S/C14H22ClN5OS/c1-10-5-3-4-7-20(10)12-9-11(15)17-13(18-12)19-14(22)16-6-8-21-2/h9-10H,3-8H2,1-2H3,(H2,16,17,18,19,22)/t10-/m0/s1. The van der Waals surface area contributed by atoms with Crippen LogP contribution in [0.1, 0.15) is 26.2 Å². The molecule has 8 heteroatoms. The minimum absolute atomic E-state index is 0.407. The van der Waals surface area contributed by atoms with E-state index in [0.29, 0.717) is 35.4 Å². The van der Waals surface area contributed by atoms with E-state index in [1.54, 1.807) is 13.2 Å². The van der Waals surface area contributed by atoms with Crippen molar-refractivity contribution in [3.05, 3.63) is 11.2 Å². The smallest absolute Gasteiger partial charge is 0.232 e. The monoisotopic (exact) mass is 343 g/mol. The maximum Gasteiger partial charge on any atom is 0.232 e. The van der Waals surface area contributed by atoms with Crippen LogP contribution in [0.3, 0.4) is 0 Å². The number of anilines is 2. The van der Waals surface area contributed by atoms with Crippen molar-refractivity contribution in [3.63, 3.8) is 0 Å². The van der Waals surface area contributed by atoms with Crippen molar-refractivity contribution in [2.75, 3.05) is 37.0 Å². The van der Waals surface area contributed by atoms with Gasteiger partial charge in [-0.05, 0) is 38.4 Å². The molecule has 1 fully saturated rings. The number of hydrogen-bond acceptors (Lipinski definition) is 5. The summed E-state index contributed by atoms with van der Waals surface area (Å²) in [7, 11) is 1.64. The molecule has 1 aromatic rings. The van der Waals surface area contributed by atoms with E-state index in [-0.39, 0.29) is 0 Å². The average molecular weight is 344 g/mol. The third-order valence-corrected chi connectivity index (χ3v) is 4.04. The first-order valence-electron chi connectivity index (χ1n) is 7.45. The molecule has 0 amide bonds. The summed E-state index contributed by atoms with van der Waals surface area (Å²) in [5.41, 5.74) is 0. The lowest BCUT2D eigenvalue weighted by atomic mass is 10.0. The van der Waals surface area contributed by atoms with Crippen molar-refractivity contribution in [2.24, 2.45) is 0 Å². The topological polar surface area (TPSA) is 62.3 Å². The zero-order valence-corrected chi connectivity index (χ0v) is 14.5. The number of ether oxygens (including phenoxy) is 1. The molecule has 0 aromatic carbocycles. The van der Waals surface area contributed by atoms with Gasteiger partial charge in [-0.25, -0.2) is 4.98 Å². The highest BCUT2D eigenvalue weighted by atomic mass is 35.5. The number of aromatic nitrogens is 2. The number of piperidine rings is 1. The van der Waals surface area contributed by atoms with Gasteiger partial charge in [0.05, 0.1) is 6.61 Å². The van der Waals surface area contributed by atoms with Crippen LogP contribution < -0.4 is 15.5 Å². The molecule has 0 aliphatic carbocycles. The molecule has 1 aromatic heterocycles. The molecule has 6 nitrogen and oxygen atoms in total. The van der Waals surface area contributed by atoms with Crippen LogP contribution in [-0.4, -0.2) is 47.9 Å². The highest BCUT2D eigenvalue weighted by Crippen LogP contribution is 2.25. The summed E-state index contributed by atoms with van der Waals surface area (Å²) in [4.78, 5) is 11.0. The normalized spacial score (nSPS) is 18.1. The molecule has 0 spiro atoms. The van der Waals surface area contributed by atoms with Crippen molar-refractivity contribution in [2.45, 2.75) is 32.2 Å². The molecule has 122 valence electrons.